The first-order chi connectivity index (χ1) is 9.77. The summed E-state index contributed by atoms with van der Waals surface area (Å²) in [5, 5.41) is 2.51. The summed E-state index contributed by atoms with van der Waals surface area (Å²) < 4.78 is 35.4. The van der Waals surface area contributed by atoms with Crippen molar-refractivity contribution >= 4 is 47.3 Å². The highest BCUT2D eigenvalue weighted by Crippen LogP contribution is 2.28. The van der Waals surface area contributed by atoms with Gasteiger partial charge in [-0.25, -0.2) is 17.8 Å². The fourth-order valence-corrected chi connectivity index (χ4v) is 3.71. The predicted molar refractivity (Wildman–Crippen MR) is 79.3 cm³/mol. The molecule has 0 unspecified atom stereocenters. The van der Waals surface area contributed by atoms with Crippen molar-refractivity contribution in [1.29, 1.82) is 0 Å². The van der Waals surface area contributed by atoms with Crippen LogP contribution in [0.1, 0.15) is 10.5 Å². The standard InChI is InChI=1S/C12H7BrClFN2O3S/c13-9-5-8(2-4-11(9)21(14,19)20)17-12(18)10-3-1-7(15)6-16-10/h1-6H,(H,17,18). The van der Waals surface area contributed by atoms with Gasteiger partial charge < -0.3 is 5.32 Å². The number of amides is 1. The second kappa shape index (κ2) is 6.08. The summed E-state index contributed by atoms with van der Waals surface area (Å²) in [5.41, 5.74) is 0.364. The Morgan fingerprint density at radius 2 is 2.00 bits per heavy atom. The fraction of sp³-hybridized carbons (Fsp3) is 0. The van der Waals surface area contributed by atoms with Gasteiger partial charge in [-0.2, -0.15) is 0 Å². The van der Waals surface area contributed by atoms with Crippen molar-refractivity contribution in [3.63, 3.8) is 0 Å². The molecule has 21 heavy (non-hydrogen) atoms. The maximum Gasteiger partial charge on any atom is 0.274 e. The molecular weight excluding hydrogens is 387 g/mol. The SMILES string of the molecule is O=C(Nc1ccc(S(=O)(=O)Cl)c(Br)c1)c1ccc(F)cn1. The average molecular weight is 394 g/mol. The van der Waals surface area contributed by atoms with Gasteiger partial charge >= 0.3 is 0 Å². The van der Waals surface area contributed by atoms with Crippen molar-refractivity contribution in [2.45, 2.75) is 4.90 Å². The number of hydrogen-bond acceptors (Lipinski definition) is 4. The molecule has 1 aromatic heterocycles. The van der Waals surface area contributed by atoms with Crippen molar-refractivity contribution in [3.05, 3.63) is 52.5 Å². The molecule has 110 valence electrons. The third-order valence-corrected chi connectivity index (χ3v) is 4.71. The summed E-state index contributed by atoms with van der Waals surface area (Å²) in [5.74, 6) is -1.10. The quantitative estimate of drug-likeness (QED) is 0.813. The van der Waals surface area contributed by atoms with Crippen LogP contribution in [0.4, 0.5) is 10.1 Å². The minimum Gasteiger partial charge on any atom is -0.321 e. The molecule has 9 heteroatoms. The Hall–Kier alpha value is -1.51. The van der Waals surface area contributed by atoms with Gasteiger partial charge in [-0.15, -0.1) is 0 Å². The number of rotatable bonds is 3. The van der Waals surface area contributed by atoms with Crippen molar-refractivity contribution in [2.24, 2.45) is 0 Å². The van der Waals surface area contributed by atoms with E-state index >= 15 is 0 Å². The number of aromatic nitrogens is 1. The van der Waals surface area contributed by atoms with Gasteiger partial charge in [0.25, 0.3) is 15.0 Å². The normalized spacial score (nSPS) is 11.2. The Kier molecular flexibility index (Phi) is 4.60. The van der Waals surface area contributed by atoms with Crippen molar-refractivity contribution in [3.8, 4) is 0 Å². The van der Waals surface area contributed by atoms with E-state index < -0.39 is 20.8 Å². The average Bonchev–Trinajstić information content (AvgIpc) is 2.37. The summed E-state index contributed by atoms with van der Waals surface area (Å²) in [6.45, 7) is 0. The first-order valence-corrected chi connectivity index (χ1v) is 8.55. The van der Waals surface area contributed by atoms with Gasteiger partial charge in [0.05, 0.1) is 11.1 Å². The molecule has 0 atom stereocenters. The molecule has 1 aromatic carbocycles. The lowest BCUT2D eigenvalue weighted by molar-refractivity contribution is 0.102. The number of halogens is 3. The fourth-order valence-electron chi connectivity index (χ4n) is 1.48. The third kappa shape index (κ3) is 3.99. The Morgan fingerprint density at radius 1 is 1.29 bits per heavy atom. The summed E-state index contributed by atoms with van der Waals surface area (Å²) in [4.78, 5) is 15.4. The summed E-state index contributed by atoms with van der Waals surface area (Å²) in [6.07, 6.45) is 0.925. The van der Waals surface area contributed by atoms with Gasteiger partial charge in [-0.05, 0) is 46.3 Å². The molecule has 0 saturated heterocycles. The van der Waals surface area contributed by atoms with Gasteiger partial charge in [0, 0.05) is 20.8 Å². The number of pyridine rings is 1. The predicted octanol–water partition coefficient (Wildman–Crippen LogP) is 3.16. The molecule has 1 heterocycles. The number of nitrogens with zero attached hydrogens (tertiary/aromatic N) is 1. The Balaban J connectivity index is 2.22. The maximum absolute atomic E-state index is 12.7. The Morgan fingerprint density at radius 3 is 2.52 bits per heavy atom. The highest BCUT2D eigenvalue weighted by atomic mass is 79.9. The van der Waals surface area contributed by atoms with E-state index in [0.29, 0.717) is 5.69 Å². The van der Waals surface area contributed by atoms with Crippen molar-refractivity contribution in [2.75, 3.05) is 5.32 Å². The number of carbonyl (C=O) groups excluding carboxylic acids is 1. The van der Waals surface area contributed by atoms with Crippen LogP contribution in [0.2, 0.25) is 0 Å². The van der Waals surface area contributed by atoms with Crippen LogP contribution >= 0.6 is 26.6 Å². The smallest absolute Gasteiger partial charge is 0.274 e. The maximum atomic E-state index is 12.7. The Bertz CT molecular complexity index is 797. The molecule has 0 saturated carbocycles. The number of anilines is 1. The van der Waals surface area contributed by atoms with E-state index in [0.717, 1.165) is 12.3 Å². The molecule has 1 amide bonds. The van der Waals surface area contributed by atoms with Crippen LogP contribution in [-0.4, -0.2) is 19.3 Å². The number of hydrogen-bond donors (Lipinski definition) is 1. The topological polar surface area (TPSA) is 76.1 Å². The number of benzene rings is 1. The molecule has 0 fully saturated rings. The zero-order chi connectivity index (χ0) is 15.6. The third-order valence-electron chi connectivity index (χ3n) is 2.41. The molecular formula is C12H7BrClFN2O3S. The molecule has 0 aliphatic heterocycles. The zero-order valence-electron chi connectivity index (χ0n) is 10.2. The molecule has 1 N–H and O–H groups in total. The minimum atomic E-state index is -3.88. The van der Waals surface area contributed by atoms with Gasteiger partial charge in [0.1, 0.15) is 11.5 Å². The lowest BCUT2D eigenvalue weighted by Crippen LogP contribution is -2.13. The van der Waals surface area contributed by atoms with E-state index in [9.17, 15) is 17.6 Å². The minimum absolute atomic E-state index is 0.0292. The van der Waals surface area contributed by atoms with Crippen LogP contribution < -0.4 is 5.32 Å². The van der Waals surface area contributed by atoms with Crippen LogP contribution in [0, 0.1) is 5.82 Å². The second-order valence-electron chi connectivity index (χ2n) is 3.90. The molecule has 0 aliphatic rings. The first-order valence-electron chi connectivity index (χ1n) is 5.44. The van der Waals surface area contributed by atoms with Gasteiger partial charge in [-0.3, -0.25) is 4.79 Å². The number of carbonyl (C=O) groups is 1. The molecule has 2 rings (SSSR count). The monoisotopic (exact) mass is 392 g/mol. The van der Waals surface area contributed by atoms with Crippen LogP contribution in [0.5, 0.6) is 0 Å². The summed E-state index contributed by atoms with van der Waals surface area (Å²) in [7, 11) is 1.36. The summed E-state index contributed by atoms with van der Waals surface area (Å²) >= 11 is 3.06. The van der Waals surface area contributed by atoms with E-state index in [-0.39, 0.29) is 15.1 Å². The first kappa shape index (κ1) is 15.9. The molecule has 2 aromatic rings. The lowest BCUT2D eigenvalue weighted by Gasteiger charge is -2.07. The van der Waals surface area contributed by atoms with Crippen LogP contribution in [0.3, 0.4) is 0 Å². The van der Waals surface area contributed by atoms with Gasteiger partial charge in [0.15, 0.2) is 0 Å². The van der Waals surface area contributed by atoms with Crippen LogP contribution in [0.15, 0.2) is 45.9 Å². The molecule has 0 bridgehead atoms. The van der Waals surface area contributed by atoms with Gasteiger partial charge in [0.2, 0.25) is 0 Å². The lowest BCUT2D eigenvalue weighted by atomic mass is 10.3. The van der Waals surface area contributed by atoms with Crippen molar-refractivity contribution < 1.29 is 17.6 Å². The summed E-state index contributed by atoms with van der Waals surface area (Å²) in [6, 6.07) is 6.36. The van der Waals surface area contributed by atoms with E-state index in [2.05, 4.69) is 26.2 Å². The Labute approximate surface area is 132 Å². The van der Waals surface area contributed by atoms with E-state index in [1.165, 1.54) is 24.3 Å². The molecule has 0 radical (unpaired) electrons. The highest BCUT2D eigenvalue weighted by molar-refractivity contribution is 9.10. The molecule has 5 nitrogen and oxygen atoms in total. The second-order valence-corrected chi connectivity index (χ2v) is 7.29. The van der Waals surface area contributed by atoms with Gasteiger partial charge in [-0.1, -0.05) is 0 Å². The molecule has 0 aliphatic carbocycles. The molecule has 0 spiro atoms. The van der Waals surface area contributed by atoms with E-state index in [1.807, 2.05) is 0 Å². The van der Waals surface area contributed by atoms with Crippen LogP contribution in [-0.2, 0) is 9.05 Å². The zero-order valence-corrected chi connectivity index (χ0v) is 13.3. The van der Waals surface area contributed by atoms with E-state index in [1.54, 1.807) is 0 Å². The van der Waals surface area contributed by atoms with Crippen LogP contribution in [0.25, 0.3) is 0 Å². The highest BCUT2D eigenvalue weighted by Gasteiger charge is 2.15. The number of nitrogens with one attached hydrogen (secondary N) is 1. The van der Waals surface area contributed by atoms with Crippen molar-refractivity contribution in [1.82, 2.24) is 4.98 Å². The largest absolute Gasteiger partial charge is 0.321 e. The van der Waals surface area contributed by atoms with E-state index in [4.69, 9.17) is 10.7 Å².